The van der Waals surface area contributed by atoms with Crippen LogP contribution in [0, 0.1) is 0 Å². The summed E-state index contributed by atoms with van der Waals surface area (Å²) in [4.78, 5) is 28.3. The molecule has 1 atom stereocenters. The minimum atomic E-state index is -0.473. The van der Waals surface area contributed by atoms with Gasteiger partial charge in [0.05, 0.1) is 6.42 Å². The monoisotopic (exact) mass is 234 g/mol. The highest BCUT2D eigenvalue weighted by molar-refractivity contribution is 6.06. The zero-order chi connectivity index (χ0) is 12.4. The van der Waals surface area contributed by atoms with E-state index in [1.165, 1.54) is 7.05 Å². The first-order chi connectivity index (χ1) is 8.11. The summed E-state index contributed by atoms with van der Waals surface area (Å²) in [6, 6.07) is 3.08. The Morgan fingerprint density at radius 1 is 1.47 bits per heavy atom. The smallest absolute Gasteiger partial charge is 0.251 e. The number of hydrogen-bond donors (Lipinski definition) is 2. The fourth-order valence-corrected chi connectivity index (χ4v) is 1.73. The number of hydrogen-bond acceptors (Lipinski definition) is 5. The number of likely N-dealkylation sites (tertiary alicyclic amines) is 1. The molecule has 0 aliphatic carbocycles. The van der Waals surface area contributed by atoms with Gasteiger partial charge in [0.15, 0.2) is 0 Å². The van der Waals surface area contributed by atoms with Crippen molar-refractivity contribution >= 4 is 23.3 Å². The van der Waals surface area contributed by atoms with E-state index in [1.54, 1.807) is 25.4 Å². The first-order valence-corrected chi connectivity index (χ1v) is 5.32. The number of imide groups is 1. The lowest BCUT2D eigenvalue weighted by Crippen LogP contribution is -2.31. The van der Waals surface area contributed by atoms with Gasteiger partial charge in [-0.2, -0.15) is 0 Å². The Kier molecular flexibility index (Phi) is 2.95. The van der Waals surface area contributed by atoms with E-state index in [2.05, 4.69) is 15.6 Å². The lowest BCUT2D eigenvalue weighted by Gasteiger charge is -2.12. The molecule has 1 aliphatic rings. The average molecular weight is 234 g/mol. The highest BCUT2D eigenvalue weighted by Gasteiger charge is 2.35. The number of pyridine rings is 1. The molecule has 2 N–H and O–H groups in total. The first kappa shape index (κ1) is 11.4. The first-order valence-electron chi connectivity index (χ1n) is 5.32. The summed E-state index contributed by atoms with van der Waals surface area (Å²) in [5.41, 5.74) is 0.769. The summed E-state index contributed by atoms with van der Waals surface area (Å²) in [6.45, 7) is 0. The molecule has 1 fully saturated rings. The van der Waals surface area contributed by atoms with Gasteiger partial charge < -0.3 is 10.6 Å². The molecule has 0 bridgehead atoms. The Morgan fingerprint density at radius 3 is 2.82 bits per heavy atom. The van der Waals surface area contributed by atoms with E-state index in [0.717, 1.165) is 10.6 Å². The van der Waals surface area contributed by atoms with E-state index in [4.69, 9.17) is 0 Å². The van der Waals surface area contributed by atoms with Crippen molar-refractivity contribution < 1.29 is 9.59 Å². The van der Waals surface area contributed by atoms with Crippen LogP contribution in [-0.4, -0.2) is 41.8 Å². The van der Waals surface area contributed by atoms with Crippen LogP contribution in [0.4, 0.5) is 11.5 Å². The van der Waals surface area contributed by atoms with Gasteiger partial charge in [-0.25, -0.2) is 4.98 Å². The zero-order valence-electron chi connectivity index (χ0n) is 9.73. The summed E-state index contributed by atoms with van der Waals surface area (Å²) in [5.74, 6) is 0.355. The van der Waals surface area contributed by atoms with E-state index in [-0.39, 0.29) is 18.2 Å². The van der Waals surface area contributed by atoms with Crippen LogP contribution in [-0.2, 0) is 9.59 Å². The average Bonchev–Trinajstić information content (AvgIpc) is 2.57. The number of likely N-dealkylation sites (N-methyl/N-ethyl adjacent to an activating group) is 1. The molecule has 1 saturated heterocycles. The van der Waals surface area contributed by atoms with E-state index >= 15 is 0 Å². The van der Waals surface area contributed by atoms with Crippen LogP contribution in [0.2, 0.25) is 0 Å². The molecule has 6 heteroatoms. The molecule has 90 valence electrons. The van der Waals surface area contributed by atoms with Gasteiger partial charge in [-0.1, -0.05) is 0 Å². The van der Waals surface area contributed by atoms with Gasteiger partial charge in [0.25, 0.3) is 5.91 Å². The molecule has 1 aromatic heterocycles. The number of nitrogens with one attached hydrogen (secondary N) is 2. The molecule has 0 saturated carbocycles. The number of amides is 2. The summed E-state index contributed by atoms with van der Waals surface area (Å²) in [5, 5.41) is 5.94. The molecule has 1 aromatic rings. The van der Waals surface area contributed by atoms with Gasteiger partial charge in [0, 0.05) is 32.0 Å². The fourth-order valence-electron chi connectivity index (χ4n) is 1.73. The van der Waals surface area contributed by atoms with Gasteiger partial charge in [0.2, 0.25) is 5.91 Å². The maximum atomic E-state index is 11.7. The fraction of sp³-hybridized carbons (Fsp3) is 0.364. The van der Waals surface area contributed by atoms with Crippen molar-refractivity contribution in [2.45, 2.75) is 12.5 Å². The molecule has 2 heterocycles. The lowest BCUT2D eigenvalue weighted by molar-refractivity contribution is -0.136. The Hall–Kier alpha value is -2.11. The quantitative estimate of drug-likeness (QED) is 0.735. The van der Waals surface area contributed by atoms with E-state index in [0.29, 0.717) is 5.82 Å². The third-order valence-electron chi connectivity index (χ3n) is 2.74. The predicted molar refractivity (Wildman–Crippen MR) is 63.6 cm³/mol. The van der Waals surface area contributed by atoms with E-state index in [1.807, 2.05) is 0 Å². The summed E-state index contributed by atoms with van der Waals surface area (Å²) < 4.78 is 0. The van der Waals surface area contributed by atoms with E-state index in [9.17, 15) is 9.59 Å². The van der Waals surface area contributed by atoms with Crippen LogP contribution < -0.4 is 10.6 Å². The third kappa shape index (κ3) is 2.20. The molecule has 2 rings (SSSR count). The molecule has 1 aliphatic heterocycles. The van der Waals surface area contributed by atoms with Crippen LogP contribution in [0.15, 0.2) is 18.3 Å². The van der Waals surface area contributed by atoms with Crippen LogP contribution in [0.5, 0.6) is 0 Å². The Bertz CT molecular complexity index is 461. The summed E-state index contributed by atoms with van der Waals surface area (Å²) in [6.07, 6.45) is 1.84. The number of rotatable bonds is 3. The van der Waals surface area contributed by atoms with Gasteiger partial charge >= 0.3 is 0 Å². The van der Waals surface area contributed by atoms with Crippen LogP contribution in [0.3, 0.4) is 0 Å². The van der Waals surface area contributed by atoms with Gasteiger partial charge in [0.1, 0.15) is 11.9 Å². The van der Waals surface area contributed by atoms with Crippen molar-refractivity contribution in [1.29, 1.82) is 0 Å². The second-order valence-electron chi connectivity index (χ2n) is 3.87. The molecule has 17 heavy (non-hydrogen) atoms. The molecule has 1 unspecified atom stereocenters. The molecular weight excluding hydrogens is 220 g/mol. The Balaban J connectivity index is 2.11. The van der Waals surface area contributed by atoms with Gasteiger partial charge in [-0.05, 0) is 6.07 Å². The van der Waals surface area contributed by atoms with Gasteiger partial charge in [-0.3, -0.25) is 14.5 Å². The summed E-state index contributed by atoms with van der Waals surface area (Å²) in [7, 11) is 3.27. The molecule has 6 nitrogen and oxygen atoms in total. The standard InChI is InChI=1S/C11H14N4O2/c1-12-9-5-7(3-4-13-9)14-8-6-10(16)15(2)11(8)17/h3-5,8H,6H2,1-2H3,(H2,12,13,14). The largest absolute Gasteiger partial charge is 0.373 e. The van der Waals surface area contributed by atoms with Crippen molar-refractivity contribution in [3.05, 3.63) is 18.3 Å². The SMILES string of the molecule is CNc1cc(NC2CC(=O)N(C)C2=O)ccn1. The molecule has 0 spiro atoms. The molecule has 0 aromatic carbocycles. The second kappa shape index (κ2) is 4.40. The van der Waals surface area contributed by atoms with Crippen LogP contribution in [0.25, 0.3) is 0 Å². The van der Waals surface area contributed by atoms with Crippen molar-refractivity contribution in [3.8, 4) is 0 Å². The van der Waals surface area contributed by atoms with Crippen LogP contribution >= 0.6 is 0 Å². The molecule has 2 amide bonds. The second-order valence-corrected chi connectivity index (χ2v) is 3.87. The zero-order valence-corrected chi connectivity index (χ0v) is 9.73. The minimum Gasteiger partial charge on any atom is -0.373 e. The van der Waals surface area contributed by atoms with E-state index < -0.39 is 6.04 Å². The maximum Gasteiger partial charge on any atom is 0.251 e. The van der Waals surface area contributed by atoms with Crippen molar-refractivity contribution in [1.82, 2.24) is 9.88 Å². The van der Waals surface area contributed by atoms with Gasteiger partial charge in [-0.15, -0.1) is 0 Å². The topological polar surface area (TPSA) is 74.3 Å². The third-order valence-corrected chi connectivity index (χ3v) is 2.74. The maximum absolute atomic E-state index is 11.7. The number of aromatic nitrogens is 1. The van der Waals surface area contributed by atoms with Crippen molar-refractivity contribution in [2.24, 2.45) is 0 Å². The lowest BCUT2D eigenvalue weighted by atomic mass is 10.2. The Morgan fingerprint density at radius 2 is 2.24 bits per heavy atom. The molecular formula is C11H14N4O2. The summed E-state index contributed by atoms with van der Waals surface area (Å²) >= 11 is 0. The highest BCUT2D eigenvalue weighted by atomic mass is 16.2. The van der Waals surface area contributed by atoms with Crippen molar-refractivity contribution in [3.63, 3.8) is 0 Å². The minimum absolute atomic E-state index is 0.157. The molecule has 0 radical (unpaired) electrons. The predicted octanol–water partition coefficient (Wildman–Crippen LogP) is 0.292. The number of carbonyl (C=O) groups is 2. The highest BCUT2D eigenvalue weighted by Crippen LogP contribution is 2.18. The number of nitrogens with zero attached hydrogens (tertiary/aromatic N) is 2. The number of carbonyl (C=O) groups excluding carboxylic acids is 2. The van der Waals surface area contributed by atoms with Crippen molar-refractivity contribution in [2.75, 3.05) is 24.7 Å². The van der Waals surface area contributed by atoms with Crippen LogP contribution in [0.1, 0.15) is 6.42 Å². The number of anilines is 2. The normalized spacial score (nSPS) is 19.6. The Labute approximate surface area is 99.0 Å².